The number of urea groups is 1. The molecule has 2 aliphatic rings. The van der Waals surface area contributed by atoms with Crippen LogP contribution in [0.1, 0.15) is 39.0 Å². The average Bonchev–Trinajstić information content (AvgIpc) is 2.40. The van der Waals surface area contributed by atoms with Crippen LogP contribution >= 0.6 is 0 Å². The lowest BCUT2D eigenvalue weighted by molar-refractivity contribution is 0.103. The maximum absolute atomic E-state index is 12.6. The highest BCUT2D eigenvalue weighted by Gasteiger charge is 2.30. The van der Waals surface area contributed by atoms with Gasteiger partial charge in [-0.25, -0.2) is 4.79 Å². The Balaban J connectivity index is 1.93. The lowest BCUT2D eigenvalue weighted by Crippen LogP contribution is -2.54. The summed E-state index contributed by atoms with van der Waals surface area (Å²) in [7, 11) is 1.97. The van der Waals surface area contributed by atoms with Crippen LogP contribution < -0.4 is 5.32 Å². The molecule has 0 aliphatic carbocycles. The van der Waals surface area contributed by atoms with E-state index in [0.717, 1.165) is 57.8 Å². The number of hydrogen-bond donors (Lipinski definition) is 1. The van der Waals surface area contributed by atoms with E-state index in [4.69, 9.17) is 0 Å². The third kappa shape index (κ3) is 3.16. The molecule has 0 aromatic heterocycles. The molecule has 2 saturated heterocycles. The standard InChI is InChI=1S/C14H27N3O/c1-12-6-9-16(10-7-12)14(18)17-8-4-3-5-13(17)11-15-2/h12-13,15H,3-11H2,1-2H3. The molecule has 1 atom stereocenters. The van der Waals surface area contributed by atoms with E-state index in [0.29, 0.717) is 6.04 Å². The minimum absolute atomic E-state index is 0.279. The Morgan fingerprint density at radius 1 is 1.17 bits per heavy atom. The van der Waals surface area contributed by atoms with Crippen LogP contribution in [0.5, 0.6) is 0 Å². The van der Waals surface area contributed by atoms with E-state index in [2.05, 4.69) is 22.0 Å². The monoisotopic (exact) mass is 253 g/mol. The molecule has 0 bridgehead atoms. The number of amides is 2. The number of rotatable bonds is 2. The molecule has 2 heterocycles. The lowest BCUT2D eigenvalue weighted by Gasteiger charge is -2.41. The molecule has 2 amide bonds. The second kappa shape index (κ2) is 6.41. The summed E-state index contributed by atoms with van der Waals surface area (Å²) in [5.74, 6) is 0.781. The Morgan fingerprint density at radius 2 is 1.89 bits per heavy atom. The minimum atomic E-state index is 0.279. The molecule has 4 heteroatoms. The largest absolute Gasteiger partial charge is 0.325 e. The Kier molecular flexibility index (Phi) is 4.87. The van der Waals surface area contributed by atoms with Crippen molar-refractivity contribution < 1.29 is 4.79 Å². The number of likely N-dealkylation sites (N-methyl/N-ethyl adjacent to an activating group) is 1. The number of likely N-dealkylation sites (tertiary alicyclic amines) is 2. The summed E-state index contributed by atoms with van der Waals surface area (Å²) in [5, 5.41) is 3.22. The molecule has 1 N–H and O–H groups in total. The fourth-order valence-corrected chi connectivity index (χ4v) is 3.08. The van der Waals surface area contributed by atoms with Gasteiger partial charge in [-0.3, -0.25) is 0 Å². The summed E-state index contributed by atoms with van der Waals surface area (Å²) in [6, 6.07) is 0.678. The van der Waals surface area contributed by atoms with E-state index in [1.807, 2.05) is 7.05 Å². The van der Waals surface area contributed by atoms with E-state index in [1.165, 1.54) is 6.42 Å². The highest BCUT2D eigenvalue weighted by Crippen LogP contribution is 2.22. The molecule has 2 rings (SSSR count). The first-order valence-corrected chi connectivity index (χ1v) is 7.42. The quantitative estimate of drug-likeness (QED) is 0.816. The smallest absolute Gasteiger partial charge is 0.320 e. The highest BCUT2D eigenvalue weighted by atomic mass is 16.2. The molecule has 0 aromatic carbocycles. The summed E-state index contributed by atoms with van der Waals surface area (Å²) in [5.41, 5.74) is 0. The van der Waals surface area contributed by atoms with Crippen LogP contribution in [0.4, 0.5) is 4.79 Å². The summed E-state index contributed by atoms with van der Waals surface area (Å²) in [4.78, 5) is 16.7. The summed E-state index contributed by atoms with van der Waals surface area (Å²) >= 11 is 0. The first-order valence-electron chi connectivity index (χ1n) is 7.42. The van der Waals surface area contributed by atoms with E-state index in [9.17, 15) is 4.79 Å². The number of nitrogens with one attached hydrogen (secondary N) is 1. The number of carbonyl (C=O) groups excluding carboxylic acids is 1. The van der Waals surface area contributed by atoms with Crippen molar-refractivity contribution in [3.8, 4) is 0 Å². The van der Waals surface area contributed by atoms with Crippen LogP contribution in [0, 0.1) is 5.92 Å². The van der Waals surface area contributed by atoms with E-state index >= 15 is 0 Å². The molecule has 2 fully saturated rings. The molecule has 0 aromatic rings. The second-order valence-electron chi connectivity index (χ2n) is 5.85. The average molecular weight is 253 g/mol. The molecule has 18 heavy (non-hydrogen) atoms. The van der Waals surface area contributed by atoms with Gasteiger partial charge in [0, 0.05) is 32.2 Å². The third-order valence-corrected chi connectivity index (χ3v) is 4.37. The zero-order valence-corrected chi connectivity index (χ0v) is 11.8. The van der Waals surface area contributed by atoms with E-state index in [-0.39, 0.29) is 6.03 Å². The normalized spacial score (nSPS) is 26.4. The van der Waals surface area contributed by atoms with Crippen LogP contribution in [0.25, 0.3) is 0 Å². The lowest BCUT2D eigenvalue weighted by atomic mass is 9.99. The van der Waals surface area contributed by atoms with Crippen LogP contribution in [-0.4, -0.2) is 55.1 Å². The van der Waals surface area contributed by atoms with Gasteiger partial charge in [0.15, 0.2) is 0 Å². The Bertz CT molecular complexity index is 272. The van der Waals surface area contributed by atoms with Crippen LogP contribution in [0.3, 0.4) is 0 Å². The van der Waals surface area contributed by atoms with Gasteiger partial charge in [0.05, 0.1) is 0 Å². The number of nitrogens with zero attached hydrogens (tertiary/aromatic N) is 2. The molecule has 0 saturated carbocycles. The molecular formula is C14H27N3O. The topological polar surface area (TPSA) is 35.6 Å². The Labute approximate surface area is 111 Å². The summed E-state index contributed by atoms with van der Waals surface area (Å²) in [6.07, 6.45) is 5.90. The van der Waals surface area contributed by atoms with Crippen molar-refractivity contribution >= 4 is 6.03 Å². The first-order chi connectivity index (χ1) is 8.72. The molecule has 4 nitrogen and oxygen atoms in total. The second-order valence-corrected chi connectivity index (χ2v) is 5.85. The van der Waals surface area contributed by atoms with Crippen molar-refractivity contribution in [1.82, 2.24) is 15.1 Å². The van der Waals surface area contributed by atoms with Gasteiger partial charge in [-0.2, -0.15) is 0 Å². The van der Waals surface area contributed by atoms with Gasteiger partial charge < -0.3 is 15.1 Å². The predicted molar refractivity (Wildman–Crippen MR) is 73.6 cm³/mol. The SMILES string of the molecule is CNCC1CCCCN1C(=O)N1CCC(C)CC1. The van der Waals surface area contributed by atoms with Crippen molar-refractivity contribution in [3.05, 3.63) is 0 Å². The predicted octanol–water partition coefficient (Wildman–Crippen LogP) is 1.91. The molecule has 2 aliphatic heterocycles. The van der Waals surface area contributed by atoms with E-state index < -0.39 is 0 Å². The highest BCUT2D eigenvalue weighted by molar-refractivity contribution is 5.75. The van der Waals surface area contributed by atoms with Crippen molar-refractivity contribution in [2.24, 2.45) is 5.92 Å². The number of hydrogen-bond acceptors (Lipinski definition) is 2. The molecular weight excluding hydrogens is 226 g/mol. The minimum Gasteiger partial charge on any atom is -0.325 e. The van der Waals surface area contributed by atoms with Gasteiger partial charge >= 0.3 is 6.03 Å². The number of piperidine rings is 2. The van der Waals surface area contributed by atoms with Crippen molar-refractivity contribution in [2.75, 3.05) is 33.2 Å². The van der Waals surface area contributed by atoms with Gasteiger partial charge in [0.1, 0.15) is 0 Å². The van der Waals surface area contributed by atoms with Gasteiger partial charge in [0.2, 0.25) is 0 Å². The molecule has 104 valence electrons. The molecule has 0 radical (unpaired) electrons. The Morgan fingerprint density at radius 3 is 2.56 bits per heavy atom. The zero-order valence-electron chi connectivity index (χ0n) is 11.8. The maximum atomic E-state index is 12.6. The van der Waals surface area contributed by atoms with Crippen LogP contribution in [0.15, 0.2) is 0 Å². The zero-order chi connectivity index (χ0) is 13.0. The van der Waals surface area contributed by atoms with Crippen LogP contribution in [-0.2, 0) is 0 Å². The van der Waals surface area contributed by atoms with Crippen molar-refractivity contribution in [2.45, 2.75) is 45.1 Å². The van der Waals surface area contributed by atoms with Gasteiger partial charge in [-0.15, -0.1) is 0 Å². The van der Waals surface area contributed by atoms with Gasteiger partial charge in [-0.05, 0) is 45.1 Å². The molecule has 1 unspecified atom stereocenters. The van der Waals surface area contributed by atoms with Crippen LogP contribution in [0.2, 0.25) is 0 Å². The third-order valence-electron chi connectivity index (χ3n) is 4.37. The van der Waals surface area contributed by atoms with Crippen molar-refractivity contribution in [3.63, 3.8) is 0 Å². The maximum Gasteiger partial charge on any atom is 0.320 e. The summed E-state index contributed by atoms with van der Waals surface area (Å²) in [6.45, 7) is 6.05. The first kappa shape index (κ1) is 13.7. The fourth-order valence-electron chi connectivity index (χ4n) is 3.08. The van der Waals surface area contributed by atoms with E-state index in [1.54, 1.807) is 0 Å². The summed E-state index contributed by atoms with van der Waals surface area (Å²) < 4.78 is 0. The Hall–Kier alpha value is -0.770. The van der Waals surface area contributed by atoms with Gasteiger partial charge in [0.25, 0.3) is 0 Å². The fraction of sp³-hybridized carbons (Fsp3) is 0.929. The van der Waals surface area contributed by atoms with Crippen molar-refractivity contribution in [1.29, 1.82) is 0 Å². The van der Waals surface area contributed by atoms with Gasteiger partial charge in [-0.1, -0.05) is 6.92 Å². The number of carbonyl (C=O) groups is 1. The molecule has 0 spiro atoms.